The molecule has 0 amide bonds. The summed E-state index contributed by atoms with van der Waals surface area (Å²) in [7, 11) is 15.0. The summed E-state index contributed by atoms with van der Waals surface area (Å²) in [5.41, 5.74) is 0.843. The van der Waals surface area contributed by atoms with Crippen LogP contribution in [-0.2, 0) is 26.4 Å². The first-order valence-corrected chi connectivity index (χ1v) is 20.1. The second-order valence-electron chi connectivity index (χ2n) is 6.54. The van der Waals surface area contributed by atoms with Crippen molar-refractivity contribution in [3.8, 4) is 0 Å². The fraction of sp³-hybridized carbons (Fsp3) is 0.611. The Labute approximate surface area is 164 Å². The van der Waals surface area contributed by atoms with Crippen molar-refractivity contribution in [2.75, 3.05) is 0 Å². The normalized spacial score (nSPS) is 28.5. The topological polar surface area (TPSA) is 37.3 Å². The first-order chi connectivity index (χ1) is 11.1. The summed E-state index contributed by atoms with van der Waals surface area (Å²) in [6, 6.07) is 9.13. The first-order valence-electron chi connectivity index (χ1n) is 8.11. The third-order valence-corrected chi connectivity index (χ3v) is 5.34. The SMILES string of the molecule is CC1C(C)C(C)C(C)C1C.O=C(O)Cc1ccccc1.[Cl][Ta]([Cl])[Cl]. The van der Waals surface area contributed by atoms with Crippen LogP contribution >= 0.6 is 27.6 Å². The summed E-state index contributed by atoms with van der Waals surface area (Å²) in [6.07, 6.45) is 0.112. The van der Waals surface area contributed by atoms with Crippen molar-refractivity contribution in [2.45, 2.75) is 41.0 Å². The minimum atomic E-state index is -2.18. The van der Waals surface area contributed by atoms with E-state index in [2.05, 4.69) is 34.6 Å². The van der Waals surface area contributed by atoms with E-state index in [-0.39, 0.29) is 6.42 Å². The van der Waals surface area contributed by atoms with Crippen molar-refractivity contribution in [1.82, 2.24) is 0 Å². The van der Waals surface area contributed by atoms with Crippen LogP contribution in [0.4, 0.5) is 0 Å². The van der Waals surface area contributed by atoms with Crippen LogP contribution in [0.15, 0.2) is 30.3 Å². The Hall–Kier alpha value is 0.300. The molecule has 0 unspecified atom stereocenters. The van der Waals surface area contributed by atoms with Crippen LogP contribution in [0.1, 0.15) is 40.2 Å². The molecule has 1 saturated carbocycles. The standard InChI is InChI=1S/C10H20.C8H8O2.3ClH.Ta/c1-6-7(2)9(4)10(5)8(6)3;9-8(10)6-7-4-2-1-3-5-7;;;;/h6-10H,1-5H3;1-5H,6H2,(H,9,10);3*1H;/q;;;;;+3/p-3. The van der Waals surface area contributed by atoms with Crippen LogP contribution in [0.2, 0.25) is 0 Å². The van der Waals surface area contributed by atoms with Crippen molar-refractivity contribution in [3.63, 3.8) is 0 Å². The molecule has 0 atom stereocenters. The molecular weight excluding hydrogens is 536 g/mol. The number of benzene rings is 1. The Balaban J connectivity index is 0.000000363. The van der Waals surface area contributed by atoms with E-state index in [0.717, 1.165) is 35.2 Å². The molecule has 0 saturated heterocycles. The maximum absolute atomic E-state index is 10.2. The van der Waals surface area contributed by atoms with Gasteiger partial charge in [-0.2, -0.15) is 0 Å². The van der Waals surface area contributed by atoms with Gasteiger partial charge in [0.2, 0.25) is 0 Å². The molecule has 0 spiro atoms. The summed E-state index contributed by atoms with van der Waals surface area (Å²) < 4.78 is 0. The number of hydrogen-bond donors (Lipinski definition) is 1. The molecule has 138 valence electrons. The van der Waals surface area contributed by atoms with Gasteiger partial charge in [0.05, 0.1) is 6.42 Å². The predicted octanol–water partition coefficient (Wildman–Crippen LogP) is 6.56. The molecule has 0 heterocycles. The zero-order valence-electron chi connectivity index (χ0n) is 14.9. The van der Waals surface area contributed by atoms with Crippen LogP contribution in [0, 0.1) is 29.6 Å². The number of halogens is 3. The molecule has 0 radical (unpaired) electrons. The second kappa shape index (κ2) is 12.6. The minimum absolute atomic E-state index is 0.112. The van der Waals surface area contributed by atoms with Gasteiger partial charge < -0.3 is 5.11 Å². The number of aliphatic carboxylic acids is 1. The van der Waals surface area contributed by atoms with Gasteiger partial charge >= 0.3 is 48.7 Å². The average Bonchev–Trinajstić information content (AvgIpc) is 2.66. The Morgan fingerprint density at radius 2 is 1.17 bits per heavy atom. The van der Waals surface area contributed by atoms with Crippen molar-refractivity contribution >= 4 is 33.5 Å². The molecule has 0 aliphatic heterocycles. The number of carboxylic acid groups (broad SMARTS) is 1. The quantitative estimate of drug-likeness (QED) is 0.443. The Kier molecular flexibility index (Phi) is 12.8. The summed E-state index contributed by atoms with van der Waals surface area (Å²) >= 11 is -2.18. The van der Waals surface area contributed by atoms with Crippen LogP contribution in [0.5, 0.6) is 0 Å². The fourth-order valence-electron chi connectivity index (χ4n) is 3.16. The van der Waals surface area contributed by atoms with Crippen LogP contribution in [-0.4, -0.2) is 11.1 Å². The van der Waals surface area contributed by atoms with Gasteiger partial charge in [-0.05, 0) is 35.2 Å². The number of rotatable bonds is 2. The fourth-order valence-corrected chi connectivity index (χ4v) is 3.16. The van der Waals surface area contributed by atoms with E-state index in [4.69, 9.17) is 32.7 Å². The van der Waals surface area contributed by atoms with Gasteiger partial charge in [0.15, 0.2) is 0 Å². The number of carboxylic acids is 1. The molecular formula is C18H28Cl3O2Ta. The van der Waals surface area contributed by atoms with E-state index >= 15 is 0 Å². The van der Waals surface area contributed by atoms with Crippen molar-refractivity contribution in [3.05, 3.63) is 35.9 Å². The predicted molar refractivity (Wildman–Crippen MR) is 101 cm³/mol. The third kappa shape index (κ3) is 9.70. The van der Waals surface area contributed by atoms with Gasteiger partial charge in [-0.3, -0.25) is 4.79 Å². The number of hydrogen-bond acceptors (Lipinski definition) is 1. The molecule has 1 fully saturated rings. The average molecular weight is 564 g/mol. The Morgan fingerprint density at radius 3 is 1.42 bits per heavy atom. The molecule has 1 N–H and O–H groups in total. The van der Waals surface area contributed by atoms with Gasteiger partial charge in [0.1, 0.15) is 0 Å². The van der Waals surface area contributed by atoms with Crippen LogP contribution in [0.3, 0.4) is 0 Å². The molecule has 2 nitrogen and oxygen atoms in total. The van der Waals surface area contributed by atoms with Gasteiger partial charge in [-0.15, -0.1) is 0 Å². The van der Waals surface area contributed by atoms with Gasteiger partial charge in [0.25, 0.3) is 0 Å². The molecule has 1 aliphatic carbocycles. The summed E-state index contributed by atoms with van der Waals surface area (Å²) in [4.78, 5) is 10.2. The van der Waals surface area contributed by atoms with Gasteiger partial charge in [-0.25, -0.2) is 0 Å². The van der Waals surface area contributed by atoms with E-state index in [0.29, 0.717) is 0 Å². The zero-order chi connectivity index (χ0) is 18.9. The summed E-state index contributed by atoms with van der Waals surface area (Å²) in [6.45, 7) is 12.0. The zero-order valence-corrected chi connectivity index (χ0v) is 20.4. The Morgan fingerprint density at radius 1 is 0.875 bits per heavy atom. The van der Waals surface area contributed by atoms with Gasteiger partial charge in [-0.1, -0.05) is 65.0 Å². The van der Waals surface area contributed by atoms with Gasteiger partial charge in [0, 0.05) is 0 Å². The summed E-state index contributed by atoms with van der Waals surface area (Å²) in [5.74, 6) is 3.89. The molecule has 24 heavy (non-hydrogen) atoms. The summed E-state index contributed by atoms with van der Waals surface area (Å²) in [5, 5.41) is 8.37. The number of carbonyl (C=O) groups is 1. The van der Waals surface area contributed by atoms with Crippen LogP contribution < -0.4 is 0 Å². The second-order valence-corrected chi connectivity index (χ2v) is 20.5. The maximum atomic E-state index is 10.2. The van der Waals surface area contributed by atoms with E-state index in [1.54, 1.807) is 12.1 Å². The van der Waals surface area contributed by atoms with Crippen molar-refractivity contribution < 1.29 is 25.1 Å². The molecule has 1 aromatic rings. The van der Waals surface area contributed by atoms with E-state index < -0.39 is 21.2 Å². The molecule has 2 rings (SSSR count). The molecule has 6 heteroatoms. The molecule has 1 aromatic carbocycles. The van der Waals surface area contributed by atoms with Crippen molar-refractivity contribution in [1.29, 1.82) is 0 Å². The van der Waals surface area contributed by atoms with E-state index in [1.807, 2.05) is 18.2 Å². The van der Waals surface area contributed by atoms with Crippen molar-refractivity contribution in [2.24, 2.45) is 29.6 Å². The molecule has 0 bridgehead atoms. The monoisotopic (exact) mass is 562 g/mol. The molecule has 0 aromatic heterocycles. The molecule has 1 aliphatic rings. The third-order valence-electron chi connectivity index (χ3n) is 5.34. The van der Waals surface area contributed by atoms with Crippen LogP contribution in [0.25, 0.3) is 0 Å². The van der Waals surface area contributed by atoms with E-state index in [9.17, 15) is 4.79 Å². The van der Waals surface area contributed by atoms with E-state index in [1.165, 1.54) is 0 Å². The first kappa shape index (κ1) is 24.3. The Bertz CT molecular complexity index is 423.